The number of hydrogen-bond donors (Lipinski definition) is 2. The molecule has 0 spiro atoms. The third kappa shape index (κ3) is 5.69. The zero-order valence-electron chi connectivity index (χ0n) is 18.9. The van der Waals surface area contributed by atoms with E-state index in [9.17, 15) is 19.2 Å². The predicted octanol–water partition coefficient (Wildman–Crippen LogP) is 0.491. The molecule has 0 radical (unpaired) electrons. The molecule has 2 aromatic heterocycles. The van der Waals surface area contributed by atoms with E-state index in [2.05, 4.69) is 15.6 Å². The maximum Gasteiger partial charge on any atom is 0.263 e. The van der Waals surface area contributed by atoms with Gasteiger partial charge in [-0.3, -0.25) is 23.7 Å². The number of amides is 3. The Morgan fingerprint density at radius 2 is 1.74 bits per heavy atom. The maximum atomic E-state index is 12.8. The average molecular weight is 465 g/mol. The molecule has 1 saturated heterocycles. The fraction of sp³-hybridized carbons (Fsp3) is 0.375. The number of fused-ring (bicyclic) bond motifs is 1. The lowest BCUT2D eigenvalue weighted by Gasteiger charge is -2.15. The summed E-state index contributed by atoms with van der Waals surface area (Å²) in [6.45, 7) is 2.10. The summed E-state index contributed by atoms with van der Waals surface area (Å²) in [6.07, 6.45) is 4.80. The highest BCUT2D eigenvalue weighted by Crippen LogP contribution is 2.10. The molecule has 1 aliphatic rings. The third-order valence-electron chi connectivity index (χ3n) is 5.80. The lowest BCUT2D eigenvalue weighted by molar-refractivity contribution is -0.133. The molecule has 1 aromatic carbocycles. The van der Waals surface area contributed by atoms with E-state index >= 15 is 0 Å². The first-order valence-electron chi connectivity index (χ1n) is 11.4. The smallest absolute Gasteiger partial charge is 0.263 e. The molecule has 1 fully saturated rings. The number of carbonyl (C=O) groups is 3. The van der Waals surface area contributed by atoms with Crippen molar-refractivity contribution in [2.75, 3.05) is 26.2 Å². The first kappa shape index (κ1) is 23.2. The Hall–Kier alpha value is -3.95. The molecule has 178 valence electrons. The van der Waals surface area contributed by atoms with Gasteiger partial charge in [-0.2, -0.15) is 0 Å². The van der Waals surface area contributed by atoms with Gasteiger partial charge < -0.3 is 20.1 Å². The van der Waals surface area contributed by atoms with Gasteiger partial charge in [-0.25, -0.2) is 4.98 Å². The van der Waals surface area contributed by atoms with Crippen LogP contribution in [0.4, 0.5) is 0 Å². The SMILES string of the molecule is O=C(CCn1ccc2c(=O)n(Cc3ccccc3)cnc21)NCCNC(=O)CN1CCCC1=O. The zero-order chi connectivity index (χ0) is 23.9. The summed E-state index contributed by atoms with van der Waals surface area (Å²) in [5.41, 5.74) is 1.44. The van der Waals surface area contributed by atoms with Gasteiger partial charge >= 0.3 is 0 Å². The van der Waals surface area contributed by atoms with E-state index in [0.717, 1.165) is 12.0 Å². The molecular weight excluding hydrogens is 436 g/mol. The van der Waals surface area contributed by atoms with Crippen LogP contribution in [-0.2, 0) is 27.5 Å². The van der Waals surface area contributed by atoms with Gasteiger partial charge in [-0.05, 0) is 18.1 Å². The Kier molecular flexibility index (Phi) is 7.36. The van der Waals surface area contributed by atoms with Crippen molar-refractivity contribution in [1.29, 1.82) is 0 Å². The minimum Gasteiger partial charge on any atom is -0.354 e. The highest BCUT2D eigenvalue weighted by atomic mass is 16.2. The van der Waals surface area contributed by atoms with Crippen LogP contribution >= 0.6 is 0 Å². The molecular formula is C24H28N6O4. The average Bonchev–Trinajstić information content (AvgIpc) is 3.44. The van der Waals surface area contributed by atoms with Gasteiger partial charge in [0, 0.05) is 45.2 Å². The van der Waals surface area contributed by atoms with E-state index < -0.39 is 0 Å². The highest BCUT2D eigenvalue weighted by Gasteiger charge is 2.22. The van der Waals surface area contributed by atoms with Crippen LogP contribution in [-0.4, -0.2) is 62.9 Å². The minimum absolute atomic E-state index is 0.00518. The molecule has 0 aliphatic carbocycles. The van der Waals surface area contributed by atoms with Crippen LogP contribution in [0.1, 0.15) is 24.8 Å². The van der Waals surface area contributed by atoms with Crippen LogP contribution < -0.4 is 16.2 Å². The summed E-state index contributed by atoms with van der Waals surface area (Å²) in [7, 11) is 0. The summed E-state index contributed by atoms with van der Waals surface area (Å²) < 4.78 is 3.36. The highest BCUT2D eigenvalue weighted by molar-refractivity contribution is 5.85. The van der Waals surface area contributed by atoms with Gasteiger partial charge in [0.2, 0.25) is 17.7 Å². The number of benzene rings is 1. The Labute approximate surface area is 196 Å². The number of hydrogen-bond acceptors (Lipinski definition) is 5. The summed E-state index contributed by atoms with van der Waals surface area (Å²) in [6, 6.07) is 11.4. The summed E-state index contributed by atoms with van der Waals surface area (Å²) >= 11 is 0. The Morgan fingerprint density at radius 3 is 2.47 bits per heavy atom. The summed E-state index contributed by atoms with van der Waals surface area (Å²) in [5.74, 6) is -0.388. The fourth-order valence-electron chi connectivity index (χ4n) is 3.99. The summed E-state index contributed by atoms with van der Waals surface area (Å²) in [4.78, 5) is 54.4. The Balaban J connectivity index is 1.23. The molecule has 2 N–H and O–H groups in total. The molecule has 34 heavy (non-hydrogen) atoms. The van der Waals surface area contributed by atoms with Crippen molar-refractivity contribution < 1.29 is 14.4 Å². The van der Waals surface area contributed by atoms with Crippen molar-refractivity contribution in [3.05, 3.63) is 64.8 Å². The molecule has 4 rings (SSSR count). The predicted molar refractivity (Wildman–Crippen MR) is 126 cm³/mol. The van der Waals surface area contributed by atoms with Crippen LogP contribution in [0.5, 0.6) is 0 Å². The fourth-order valence-corrected chi connectivity index (χ4v) is 3.99. The van der Waals surface area contributed by atoms with Crippen molar-refractivity contribution in [3.63, 3.8) is 0 Å². The first-order chi connectivity index (χ1) is 16.5. The summed E-state index contributed by atoms with van der Waals surface area (Å²) in [5, 5.41) is 5.99. The van der Waals surface area contributed by atoms with Crippen LogP contribution in [0.25, 0.3) is 11.0 Å². The largest absolute Gasteiger partial charge is 0.354 e. The Bertz CT molecular complexity index is 1230. The number of rotatable bonds is 10. The number of aromatic nitrogens is 3. The molecule has 0 unspecified atom stereocenters. The van der Waals surface area contributed by atoms with Crippen molar-refractivity contribution in [3.8, 4) is 0 Å². The molecule has 0 atom stereocenters. The number of nitrogens with one attached hydrogen (secondary N) is 2. The molecule has 3 aromatic rings. The normalized spacial score (nSPS) is 13.4. The number of carbonyl (C=O) groups excluding carboxylic acids is 3. The van der Waals surface area contributed by atoms with E-state index in [1.165, 1.54) is 6.33 Å². The molecule has 3 heterocycles. The molecule has 1 aliphatic heterocycles. The second kappa shape index (κ2) is 10.8. The quantitative estimate of drug-likeness (QED) is 0.424. The van der Waals surface area contributed by atoms with Crippen molar-refractivity contribution in [1.82, 2.24) is 29.7 Å². The molecule has 10 heteroatoms. The van der Waals surface area contributed by atoms with Gasteiger partial charge in [0.15, 0.2) is 0 Å². The minimum atomic E-state index is -0.229. The third-order valence-corrected chi connectivity index (χ3v) is 5.80. The van der Waals surface area contributed by atoms with Crippen molar-refractivity contribution in [2.45, 2.75) is 32.4 Å². The van der Waals surface area contributed by atoms with E-state index in [4.69, 9.17) is 0 Å². The van der Waals surface area contributed by atoms with E-state index in [-0.39, 0.29) is 36.2 Å². The number of nitrogens with zero attached hydrogens (tertiary/aromatic N) is 4. The van der Waals surface area contributed by atoms with Gasteiger partial charge in [0.25, 0.3) is 5.56 Å². The lowest BCUT2D eigenvalue weighted by atomic mass is 10.2. The van der Waals surface area contributed by atoms with Gasteiger partial charge in [0.1, 0.15) is 12.0 Å². The van der Waals surface area contributed by atoms with E-state index in [1.807, 2.05) is 30.3 Å². The van der Waals surface area contributed by atoms with E-state index in [0.29, 0.717) is 50.2 Å². The number of aryl methyl sites for hydroxylation is 1. The van der Waals surface area contributed by atoms with Crippen LogP contribution in [0.2, 0.25) is 0 Å². The first-order valence-corrected chi connectivity index (χ1v) is 11.4. The molecule has 0 saturated carbocycles. The monoisotopic (exact) mass is 464 g/mol. The zero-order valence-corrected chi connectivity index (χ0v) is 18.9. The topological polar surface area (TPSA) is 118 Å². The van der Waals surface area contributed by atoms with E-state index in [1.54, 1.807) is 26.3 Å². The number of likely N-dealkylation sites (tertiary alicyclic amines) is 1. The van der Waals surface area contributed by atoms with Crippen LogP contribution in [0, 0.1) is 0 Å². The van der Waals surface area contributed by atoms with Crippen molar-refractivity contribution in [2.24, 2.45) is 0 Å². The van der Waals surface area contributed by atoms with Gasteiger partial charge in [0.05, 0.1) is 18.5 Å². The second-order valence-electron chi connectivity index (χ2n) is 8.28. The standard InChI is InChI=1S/C24H28N6O4/c31-20(25-10-11-26-21(32)16-29-12-4-7-22(29)33)9-14-28-13-8-19-23(28)27-17-30(24(19)34)15-18-5-2-1-3-6-18/h1-3,5-6,8,13,17H,4,7,9-12,14-16H2,(H,25,31)(H,26,32). The van der Waals surface area contributed by atoms with Crippen LogP contribution in [0.3, 0.4) is 0 Å². The maximum absolute atomic E-state index is 12.8. The molecule has 3 amide bonds. The Morgan fingerprint density at radius 1 is 0.971 bits per heavy atom. The van der Waals surface area contributed by atoms with Gasteiger partial charge in [-0.1, -0.05) is 30.3 Å². The second-order valence-corrected chi connectivity index (χ2v) is 8.28. The van der Waals surface area contributed by atoms with Gasteiger partial charge in [-0.15, -0.1) is 0 Å². The van der Waals surface area contributed by atoms with Crippen molar-refractivity contribution >= 4 is 28.8 Å². The molecule has 0 bridgehead atoms. The van der Waals surface area contributed by atoms with Crippen LogP contribution in [0.15, 0.2) is 53.7 Å². The lowest BCUT2D eigenvalue weighted by Crippen LogP contribution is -2.41. The molecule has 10 nitrogen and oxygen atoms in total.